The van der Waals surface area contributed by atoms with Crippen LogP contribution in [-0.2, 0) is 6.54 Å². The van der Waals surface area contributed by atoms with Crippen LogP contribution in [0.15, 0.2) is 18.2 Å². The zero-order valence-corrected chi connectivity index (χ0v) is 12.9. The van der Waals surface area contributed by atoms with Crippen molar-refractivity contribution in [3.8, 4) is 11.8 Å². The van der Waals surface area contributed by atoms with Crippen molar-refractivity contribution in [2.24, 2.45) is 5.92 Å². The van der Waals surface area contributed by atoms with Crippen LogP contribution < -0.4 is 10.1 Å². The van der Waals surface area contributed by atoms with E-state index in [-0.39, 0.29) is 0 Å². The number of nitrogens with zero attached hydrogens (tertiary/aromatic N) is 1. The predicted octanol–water partition coefficient (Wildman–Crippen LogP) is 3.81. The molecule has 0 heterocycles. The minimum atomic E-state index is 0.611. The van der Waals surface area contributed by atoms with Crippen LogP contribution in [0.2, 0.25) is 0 Å². The van der Waals surface area contributed by atoms with Crippen molar-refractivity contribution in [2.45, 2.75) is 46.6 Å². The maximum Gasteiger partial charge on any atom is 0.126 e. The smallest absolute Gasteiger partial charge is 0.126 e. The van der Waals surface area contributed by atoms with Gasteiger partial charge < -0.3 is 10.1 Å². The van der Waals surface area contributed by atoms with E-state index in [4.69, 9.17) is 10.00 Å². The largest absolute Gasteiger partial charge is 0.493 e. The van der Waals surface area contributed by atoms with Crippen LogP contribution >= 0.6 is 0 Å². The van der Waals surface area contributed by atoms with Gasteiger partial charge in [0.25, 0.3) is 0 Å². The third-order valence-corrected chi connectivity index (χ3v) is 3.09. The van der Waals surface area contributed by atoms with Gasteiger partial charge in [-0.2, -0.15) is 5.26 Å². The normalized spacial score (nSPS) is 10.6. The van der Waals surface area contributed by atoms with Gasteiger partial charge in [0, 0.05) is 18.5 Å². The number of rotatable bonds is 9. The summed E-state index contributed by atoms with van der Waals surface area (Å²) in [6.07, 6.45) is 2.45. The second-order valence-corrected chi connectivity index (χ2v) is 5.55. The summed E-state index contributed by atoms with van der Waals surface area (Å²) in [5.41, 5.74) is 2.39. The molecule has 0 aliphatic rings. The average molecular weight is 274 g/mol. The number of nitriles is 1. The van der Waals surface area contributed by atoms with Gasteiger partial charge in [0.2, 0.25) is 0 Å². The van der Waals surface area contributed by atoms with Gasteiger partial charge >= 0.3 is 0 Å². The van der Waals surface area contributed by atoms with Crippen LogP contribution in [0.4, 0.5) is 0 Å². The first-order valence-electron chi connectivity index (χ1n) is 7.44. The Morgan fingerprint density at radius 1 is 1.30 bits per heavy atom. The first-order valence-corrected chi connectivity index (χ1v) is 7.44. The number of ether oxygens (including phenoxy) is 1. The Labute approximate surface area is 123 Å². The Hall–Kier alpha value is -1.53. The lowest BCUT2D eigenvalue weighted by atomic mass is 10.1. The molecule has 0 radical (unpaired) electrons. The number of hydrogen-bond donors (Lipinski definition) is 1. The number of para-hydroxylation sites is 1. The molecule has 0 fully saturated rings. The number of unbranched alkanes of at least 4 members (excludes halogenated alkanes) is 2. The molecule has 0 aromatic heterocycles. The standard InChI is InChI=1S/C17H26N2O/c1-14(2)12-19-13-16-9-7-8-15(3)17(16)20-11-6-4-5-10-18/h7-9,14,19H,4-6,11-13H2,1-3H3. The molecule has 0 unspecified atom stereocenters. The SMILES string of the molecule is Cc1cccc(CNCC(C)C)c1OCCCCC#N. The van der Waals surface area contributed by atoms with Crippen LogP contribution in [0, 0.1) is 24.2 Å². The predicted molar refractivity (Wildman–Crippen MR) is 82.7 cm³/mol. The molecule has 1 aromatic carbocycles. The third kappa shape index (κ3) is 6.08. The summed E-state index contributed by atoms with van der Waals surface area (Å²) < 4.78 is 5.92. The van der Waals surface area contributed by atoms with Gasteiger partial charge in [-0.05, 0) is 37.8 Å². The average Bonchev–Trinajstić information content (AvgIpc) is 2.40. The zero-order valence-electron chi connectivity index (χ0n) is 12.9. The van der Waals surface area contributed by atoms with Gasteiger partial charge in [-0.1, -0.05) is 32.0 Å². The van der Waals surface area contributed by atoms with E-state index < -0.39 is 0 Å². The van der Waals surface area contributed by atoms with E-state index in [1.54, 1.807) is 0 Å². The molecule has 0 atom stereocenters. The molecule has 0 amide bonds. The molecule has 110 valence electrons. The van der Waals surface area contributed by atoms with Crippen molar-refractivity contribution in [3.63, 3.8) is 0 Å². The van der Waals surface area contributed by atoms with Gasteiger partial charge in [-0.3, -0.25) is 0 Å². The second-order valence-electron chi connectivity index (χ2n) is 5.55. The lowest BCUT2D eigenvalue weighted by molar-refractivity contribution is 0.301. The van der Waals surface area contributed by atoms with Crippen LogP contribution in [0.25, 0.3) is 0 Å². The van der Waals surface area contributed by atoms with Crippen molar-refractivity contribution < 1.29 is 4.74 Å². The second kappa shape index (κ2) is 9.39. The maximum atomic E-state index is 8.51. The zero-order chi connectivity index (χ0) is 14.8. The van der Waals surface area contributed by atoms with E-state index in [9.17, 15) is 0 Å². The van der Waals surface area contributed by atoms with Crippen molar-refractivity contribution >= 4 is 0 Å². The molecule has 0 aliphatic carbocycles. The summed E-state index contributed by atoms with van der Waals surface area (Å²) in [6, 6.07) is 8.43. The number of nitrogens with one attached hydrogen (secondary N) is 1. The number of aryl methyl sites for hydroxylation is 1. The molecule has 0 bridgehead atoms. The first-order chi connectivity index (χ1) is 9.65. The lowest BCUT2D eigenvalue weighted by Crippen LogP contribution is -2.19. The highest BCUT2D eigenvalue weighted by molar-refractivity contribution is 5.40. The fourth-order valence-electron chi connectivity index (χ4n) is 2.03. The van der Waals surface area contributed by atoms with E-state index in [1.807, 2.05) is 0 Å². The van der Waals surface area contributed by atoms with Crippen LogP contribution in [0.1, 0.15) is 44.2 Å². The van der Waals surface area contributed by atoms with E-state index >= 15 is 0 Å². The Morgan fingerprint density at radius 2 is 2.10 bits per heavy atom. The van der Waals surface area contributed by atoms with Crippen molar-refractivity contribution in [1.82, 2.24) is 5.32 Å². The highest BCUT2D eigenvalue weighted by Crippen LogP contribution is 2.23. The van der Waals surface area contributed by atoms with Crippen LogP contribution in [0.5, 0.6) is 5.75 Å². The van der Waals surface area contributed by atoms with Crippen molar-refractivity contribution in [2.75, 3.05) is 13.2 Å². The molecule has 1 aromatic rings. The van der Waals surface area contributed by atoms with Gasteiger partial charge in [0.15, 0.2) is 0 Å². The van der Waals surface area contributed by atoms with Crippen LogP contribution in [0.3, 0.4) is 0 Å². The molecule has 0 spiro atoms. The van der Waals surface area contributed by atoms with Gasteiger partial charge in [0.05, 0.1) is 12.7 Å². The Bertz CT molecular complexity index is 435. The minimum Gasteiger partial charge on any atom is -0.493 e. The summed E-state index contributed by atoms with van der Waals surface area (Å²) in [7, 11) is 0. The maximum absolute atomic E-state index is 8.51. The fraction of sp³-hybridized carbons (Fsp3) is 0.588. The van der Waals surface area contributed by atoms with E-state index in [2.05, 4.69) is 50.4 Å². The molecule has 0 saturated heterocycles. The summed E-state index contributed by atoms with van der Waals surface area (Å²) in [4.78, 5) is 0. The summed E-state index contributed by atoms with van der Waals surface area (Å²) in [5, 5.41) is 12.0. The molecule has 0 saturated carbocycles. The summed E-state index contributed by atoms with van der Waals surface area (Å²) in [5.74, 6) is 1.65. The van der Waals surface area contributed by atoms with E-state index in [0.717, 1.165) is 31.7 Å². The van der Waals surface area contributed by atoms with Gasteiger partial charge in [0.1, 0.15) is 5.75 Å². The highest BCUT2D eigenvalue weighted by Gasteiger charge is 2.07. The molecule has 3 heteroatoms. The highest BCUT2D eigenvalue weighted by atomic mass is 16.5. The number of benzene rings is 1. The third-order valence-electron chi connectivity index (χ3n) is 3.09. The molecular weight excluding hydrogens is 248 g/mol. The topological polar surface area (TPSA) is 45.0 Å². The lowest BCUT2D eigenvalue weighted by Gasteiger charge is -2.15. The van der Waals surface area contributed by atoms with E-state index in [0.29, 0.717) is 18.9 Å². The Kier molecular flexibility index (Phi) is 7.75. The number of hydrogen-bond acceptors (Lipinski definition) is 3. The molecular formula is C17H26N2O. The molecule has 3 nitrogen and oxygen atoms in total. The van der Waals surface area contributed by atoms with Crippen LogP contribution in [-0.4, -0.2) is 13.2 Å². The minimum absolute atomic E-state index is 0.611. The first kappa shape index (κ1) is 16.5. The molecule has 1 rings (SSSR count). The van der Waals surface area contributed by atoms with Gasteiger partial charge in [-0.25, -0.2) is 0 Å². The quantitative estimate of drug-likeness (QED) is 0.696. The molecule has 0 aliphatic heterocycles. The van der Waals surface area contributed by atoms with Crippen molar-refractivity contribution in [3.05, 3.63) is 29.3 Å². The van der Waals surface area contributed by atoms with Crippen molar-refractivity contribution in [1.29, 1.82) is 5.26 Å². The van der Waals surface area contributed by atoms with Gasteiger partial charge in [-0.15, -0.1) is 0 Å². The summed E-state index contributed by atoms with van der Waals surface area (Å²) >= 11 is 0. The summed E-state index contributed by atoms with van der Waals surface area (Å²) in [6.45, 7) is 9.02. The monoisotopic (exact) mass is 274 g/mol. The Balaban J connectivity index is 2.52. The Morgan fingerprint density at radius 3 is 2.80 bits per heavy atom. The van der Waals surface area contributed by atoms with E-state index in [1.165, 1.54) is 11.1 Å². The fourth-order valence-corrected chi connectivity index (χ4v) is 2.03. The molecule has 1 N–H and O–H groups in total. The molecule has 20 heavy (non-hydrogen) atoms.